The number of nitrogens with zero attached hydrogens (tertiary/aromatic N) is 1. The summed E-state index contributed by atoms with van der Waals surface area (Å²) in [7, 11) is 0. The molecule has 0 saturated heterocycles. The number of hydrogen-bond donors (Lipinski definition) is 1. The summed E-state index contributed by atoms with van der Waals surface area (Å²) in [5, 5.41) is 3.75. The van der Waals surface area contributed by atoms with E-state index in [1.807, 2.05) is 0 Å². The molecule has 0 radical (unpaired) electrons. The molecule has 2 nitrogen and oxygen atoms in total. The highest BCUT2D eigenvalue weighted by atomic mass is 15.1. The Balaban J connectivity index is 2.13. The van der Waals surface area contributed by atoms with Crippen molar-refractivity contribution >= 4 is 0 Å². The Bertz CT molecular complexity index is 170. The van der Waals surface area contributed by atoms with Crippen LogP contribution in [-0.2, 0) is 0 Å². The summed E-state index contributed by atoms with van der Waals surface area (Å²) < 4.78 is 0. The zero-order valence-corrected chi connectivity index (χ0v) is 11.5. The molecule has 1 rings (SSSR count). The SMILES string of the molecule is CCCN(CC)CCNC1CCCCC1C. The van der Waals surface area contributed by atoms with Gasteiger partial charge in [0.2, 0.25) is 0 Å². The minimum Gasteiger partial charge on any atom is -0.312 e. The minimum atomic E-state index is 0.786. The van der Waals surface area contributed by atoms with Crippen molar-refractivity contribution in [2.75, 3.05) is 26.2 Å². The van der Waals surface area contributed by atoms with Crippen molar-refractivity contribution < 1.29 is 0 Å². The van der Waals surface area contributed by atoms with Gasteiger partial charge in [-0.1, -0.05) is 33.6 Å². The lowest BCUT2D eigenvalue weighted by Gasteiger charge is -2.30. The molecule has 1 aliphatic carbocycles. The van der Waals surface area contributed by atoms with Crippen LogP contribution in [0, 0.1) is 5.92 Å². The molecule has 2 unspecified atom stereocenters. The van der Waals surface area contributed by atoms with E-state index < -0.39 is 0 Å². The largest absolute Gasteiger partial charge is 0.312 e. The highest BCUT2D eigenvalue weighted by Crippen LogP contribution is 2.23. The Kier molecular flexibility index (Phi) is 7.06. The van der Waals surface area contributed by atoms with Crippen LogP contribution in [-0.4, -0.2) is 37.1 Å². The molecule has 0 bridgehead atoms. The van der Waals surface area contributed by atoms with Gasteiger partial charge < -0.3 is 10.2 Å². The maximum absolute atomic E-state index is 3.75. The molecular weight excluding hydrogens is 196 g/mol. The molecule has 0 heterocycles. The third-order valence-corrected chi connectivity index (χ3v) is 3.93. The summed E-state index contributed by atoms with van der Waals surface area (Å²) in [6.45, 7) is 11.8. The van der Waals surface area contributed by atoms with Crippen LogP contribution in [0.15, 0.2) is 0 Å². The molecule has 1 fully saturated rings. The van der Waals surface area contributed by atoms with Gasteiger partial charge in [-0.05, 0) is 38.3 Å². The lowest BCUT2D eigenvalue weighted by Crippen LogP contribution is -2.41. The summed E-state index contributed by atoms with van der Waals surface area (Å²) >= 11 is 0. The highest BCUT2D eigenvalue weighted by molar-refractivity contribution is 4.78. The number of rotatable bonds is 7. The lowest BCUT2D eigenvalue weighted by atomic mass is 9.86. The van der Waals surface area contributed by atoms with Gasteiger partial charge in [0.05, 0.1) is 0 Å². The quantitative estimate of drug-likeness (QED) is 0.718. The van der Waals surface area contributed by atoms with Gasteiger partial charge in [0.25, 0.3) is 0 Å². The fourth-order valence-electron chi connectivity index (χ4n) is 2.77. The first kappa shape index (κ1) is 14.0. The summed E-state index contributed by atoms with van der Waals surface area (Å²) in [5.41, 5.74) is 0. The predicted octanol–water partition coefficient (Wildman–Crippen LogP) is 2.89. The van der Waals surface area contributed by atoms with Gasteiger partial charge in [-0.3, -0.25) is 0 Å². The first-order chi connectivity index (χ1) is 7.77. The van der Waals surface area contributed by atoms with Crippen LogP contribution in [0.2, 0.25) is 0 Å². The van der Waals surface area contributed by atoms with Crippen LogP contribution in [0.3, 0.4) is 0 Å². The Labute approximate surface area is 102 Å². The van der Waals surface area contributed by atoms with Gasteiger partial charge >= 0.3 is 0 Å². The molecule has 1 N–H and O–H groups in total. The maximum Gasteiger partial charge on any atom is 0.0107 e. The molecule has 0 aromatic rings. The summed E-state index contributed by atoms with van der Waals surface area (Å²) in [5.74, 6) is 0.884. The van der Waals surface area contributed by atoms with Crippen LogP contribution >= 0.6 is 0 Å². The molecule has 2 atom stereocenters. The minimum absolute atomic E-state index is 0.786. The topological polar surface area (TPSA) is 15.3 Å². The van der Waals surface area contributed by atoms with Crippen LogP contribution in [0.4, 0.5) is 0 Å². The van der Waals surface area contributed by atoms with Gasteiger partial charge in [-0.25, -0.2) is 0 Å². The van der Waals surface area contributed by atoms with Crippen LogP contribution < -0.4 is 5.32 Å². The van der Waals surface area contributed by atoms with E-state index >= 15 is 0 Å². The van der Waals surface area contributed by atoms with Gasteiger partial charge in [0.15, 0.2) is 0 Å². The Hall–Kier alpha value is -0.0800. The van der Waals surface area contributed by atoms with Crippen LogP contribution in [0.25, 0.3) is 0 Å². The van der Waals surface area contributed by atoms with E-state index in [1.165, 1.54) is 58.3 Å². The second-order valence-corrected chi connectivity index (χ2v) is 5.26. The maximum atomic E-state index is 3.75. The van der Waals surface area contributed by atoms with Gasteiger partial charge in [-0.2, -0.15) is 0 Å². The standard InChI is InChI=1S/C14H30N2/c1-4-11-16(5-2)12-10-15-14-9-7-6-8-13(14)3/h13-15H,4-12H2,1-3H3. The second kappa shape index (κ2) is 8.08. The van der Waals surface area contributed by atoms with Crippen molar-refractivity contribution in [3.8, 4) is 0 Å². The molecule has 0 aliphatic heterocycles. The van der Waals surface area contributed by atoms with Crippen molar-refractivity contribution in [3.63, 3.8) is 0 Å². The average Bonchev–Trinajstić information content (AvgIpc) is 2.30. The fraction of sp³-hybridized carbons (Fsp3) is 1.00. The van der Waals surface area contributed by atoms with E-state index in [9.17, 15) is 0 Å². The summed E-state index contributed by atoms with van der Waals surface area (Å²) in [4.78, 5) is 2.54. The molecule has 1 aliphatic rings. The first-order valence-electron chi connectivity index (χ1n) is 7.23. The molecule has 96 valence electrons. The van der Waals surface area contributed by atoms with Crippen LogP contribution in [0.5, 0.6) is 0 Å². The van der Waals surface area contributed by atoms with Gasteiger partial charge in [0.1, 0.15) is 0 Å². The second-order valence-electron chi connectivity index (χ2n) is 5.26. The zero-order chi connectivity index (χ0) is 11.8. The zero-order valence-electron chi connectivity index (χ0n) is 11.5. The molecule has 2 heteroatoms. The molecular formula is C14H30N2. The van der Waals surface area contributed by atoms with Crippen molar-refractivity contribution in [1.82, 2.24) is 10.2 Å². The first-order valence-corrected chi connectivity index (χ1v) is 7.23. The van der Waals surface area contributed by atoms with E-state index in [1.54, 1.807) is 0 Å². The Morgan fingerprint density at radius 1 is 1.12 bits per heavy atom. The molecule has 0 aromatic heterocycles. The Morgan fingerprint density at radius 3 is 2.50 bits per heavy atom. The molecule has 0 amide bonds. The van der Waals surface area contributed by atoms with Gasteiger partial charge in [-0.15, -0.1) is 0 Å². The van der Waals surface area contributed by atoms with Crippen molar-refractivity contribution in [2.24, 2.45) is 5.92 Å². The van der Waals surface area contributed by atoms with E-state index in [-0.39, 0.29) is 0 Å². The molecule has 0 aromatic carbocycles. The van der Waals surface area contributed by atoms with E-state index in [0.29, 0.717) is 0 Å². The van der Waals surface area contributed by atoms with E-state index in [4.69, 9.17) is 0 Å². The lowest BCUT2D eigenvalue weighted by molar-refractivity contribution is 0.247. The smallest absolute Gasteiger partial charge is 0.0107 e. The van der Waals surface area contributed by atoms with Crippen molar-refractivity contribution in [1.29, 1.82) is 0 Å². The number of hydrogen-bond acceptors (Lipinski definition) is 2. The highest BCUT2D eigenvalue weighted by Gasteiger charge is 2.20. The normalized spacial score (nSPS) is 26.2. The van der Waals surface area contributed by atoms with E-state index in [2.05, 4.69) is 31.0 Å². The monoisotopic (exact) mass is 226 g/mol. The molecule has 0 spiro atoms. The molecule has 1 saturated carbocycles. The van der Waals surface area contributed by atoms with Gasteiger partial charge in [0, 0.05) is 19.1 Å². The third kappa shape index (κ3) is 4.84. The summed E-state index contributed by atoms with van der Waals surface area (Å²) in [6.07, 6.45) is 6.95. The van der Waals surface area contributed by atoms with Crippen LogP contribution in [0.1, 0.15) is 52.9 Å². The Morgan fingerprint density at radius 2 is 1.88 bits per heavy atom. The predicted molar refractivity (Wildman–Crippen MR) is 71.8 cm³/mol. The fourth-order valence-corrected chi connectivity index (χ4v) is 2.77. The van der Waals surface area contributed by atoms with Crippen molar-refractivity contribution in [2.45, 2.75) is 58.9 Å². The molecule has 16 heavy (non-hydrogen) atoms. The van der Waals surface area contributed by atoms with Crippen molar-refractivity contribution in [3.05, 3.63) is 0 Å². The average molecular weight is 226 g/mol. The third-order valence-electron chi connectivity index (χ3n) is 3.93. The van der Waals surface area contributed by atoms with E-state index in [0.717, 1.165) is 12.0 Å². The number of likely N-dealkylation sites (N-methyl/N-ethyl adjacent to an activating group) is 1. The summed E-state index contributed by atoms with van der Waals surface area (Å²) in [6, 6.07) is 0.786. The number of nitrogens with one attached hydrogen (secondary N) is 1.